The second-order valence-electron chi connectivity index (χ2n) is 9.19. The molecule has 2 aliphatic rings. The maximum Gasteiger partial charge on any atom is 0.306 e. The summed E-state index contributed by atoms with van der Waals surface area (Å²) in [6.07, 6.45) is -0.0312. The molecule has 3 aromatic carbocycles. The molecule has 3 atom stereocenters. The number of carbonyl (C=O) groups is 4. The lowest BCUT2D eigenvalue weighted by Gasteiger charge is -2.29. The van der Waals surface area contributed by atoms with Crippen LogP contribution in [0.5, 0.6) is 0 Å². The molecule has 2 heterocycles. The Morgan fingerprint density at radius 3 is 2.27 bits per heavy atom. The monoisotopic (exact) mass is 497 g/mol. The fraction of sp³-hybridized carbons (Fsp3) is 0.241. The highest BCUT2D eigenvalue weighted by Gasteiger charge is 2.41. The van der Waals surface area contributed by atoms with Crippen LogP contribution in [0.4, 0.5) is 11.4 Å². The molecule has 0 spiro atoms. The Morgan fingerprint density at radius 2 is 1.57 bits per heavy atom. The first kappa shape index (κ1) is 24.2. The van der Waals surface area contributed by atoms with Crippen molar-refractivity contribution in [2.24, 2.45) is 0 Å². The summed E-state index contributed by atoms with van der Waals surface area (Å²) in [6, 6.07) is 25.0. The molecule has 5 rings (SSSR count). The molecule has 188 valence electrons. The van der Waals surface area contributed by atoms with Crippen molar-refractivity contribution in [3.8, 4) is 0 Å². The van der Waals surface area contributed by atoms with E-state index in [4.69, 9.17) is 4.74 Å². The number of carbonyl (C=O) groups excluding carboxylic acids is 4. The third-order valence-electron chi connectivity index (χ3n) is 6.72. The van der Waals surface area contributed by atoms with Gasteiger partial charge in [-0.2, -0.15) is 0 Å². The van der Waals surface area contributed by atoms with Crippen molar-refractivity contribution in [1.29, 1.82) is 0 Å². The highest BCUT2D eigenvalue weighted by molar-refractivity contribution is 6.07. The molecule has 1 saturated heterocycles. The van der Waals surface area contributed by atoms with E-state index in [1.165, 1.54) is 4.90 Å². The lowest BCUT2D eigenvalue weighted by molar-refractivity contribution is -0.148. The van der Waals surface area contributed by atoms with Gasteiger partial charge in [0.05, 0.1) is 0 Å². The van der Waals surface area contributed by atoms with E-state index in [2.05, 4.69) is 10.6 Å². The molecule has 8 nitrogen and oxygen atoms in total. The fourth-order valence-electron chi connectivity index (χ4n) is 4.92. The zero-order chi connectivity index (χ0) is 25.8. The summed E-state index contributed by atoms with van der Waals surface area (Å²) in [5, 5.41) is 5.70. The second kappa shape index (κ2) is 10.7. The van der Waals surface area contributed by atoms with Crippen LogP contribution in [-0.4, -0.2) is 42.4 Å². The van der Waals surface area contributed by atoms with E-state index < -0.39 is 35.8 Å². The minimum Gasteiger partial charge on any atom is -0.452 e. The number of cyclic esters (lactones) is 1. The van der Waals surface area contributed by atoms with Gasteiger partial charge >= 0.3 is 5.97 Å². The Bertz CT molecular complexity index is 1310. The van der Waals surface area contributed by atoms with E-state index in [9.17, 15) is 19.2 Å². The molecule has 0 radical (unpaired) electrons. The number of rotatable bonds is 6. The zero-order valence-electron chi connectivity index (χ0n) is 20.1. The molecule has 8 heteroatoms. The van der Waals surface area contributed by atoms with Crippen molar-refractivity contribution < 1.29 is 23.9 Å². The van der Waals surface area contributed by atoms with Crippen LogP contribution in [0.3, 0.4) is 0 Å². The quantitative estimate of drug-likeness (QED) is 0.509. The van der Waals surface area contributed by atoms with Crippen molar-refractivity contribution in [1.82, 2.24) is 5.32 Å². The largest absolute Gasteiger partial charge is 0.452 e. The van der Waals surface area contributed by atoms with Crippen molar-refractivity contribution in [2.45, 2.75) is 37.3 Å². The smallest absolute Gasteiger partial charge is 0.306 e. The number of nitrogens with one attached hydrogen (secondary N) is 2. The van der Waals surface area contributed by atoms with Crippen LogP contribution in [-0.2, 0) is 30.3 Å². The van der Waals surface area contributed by atoms with Gasteiger partial charge in [-0.05, 0) is 35.7 Å². The summed E-state index contributed by atoms with van der Waals surface area (Å²) in [5.41, 5.74) is 3.02. The number of para-hydroxylation sites is 2. The zero-order valence-corrected chi connectivity index (χ0v) is 20.1. The molecule has 1 fully saturated rings. The van der Waals surface area contributed by atoms with E-state index in [-0.39, 0.29) is 25.3 Å². The molecule has 0 bridgehead atoms. The van der Waals surface area contributed by atoms with Gasteiger partial charge in [0.2, 0.25) is 5.91 Å². The first-order chi connectivity index (χ1) is 18.0. The van der Waals surface area contributed by atoms with Gasteiger partial charge in [-0.25, -0.2) is 0 Å². The van der Waals surface area contributed by atoms with E-state index in [1.54, 1.807) is 12.1 Å². The lowest BCUT2D eigenvalue weighted by Crippen LogP contribution is -2.54. The third-order valence-corrected chi connectivity index (χ3v) is 6.72. The molecule has 0 aromatic heterocycles. The second-order valence-corrected chi connectivity index (χ2v) is 9.19. The Labute approximate surface area is 214 Å². The van der Waals surface area contributed by atoms with Gasteiger partial charge in [0, 0.05) is 30.1 Å². The van der Waals surface area contributed by atoms with Crippen LogP contribution < -0.4 is 15.5 Å². The third kappa shape index (κ3) is 5.38. The highest BCUT2D eigenvalue weighted by atomic mass is 16.6. The number of fused-ring (bicyclic) bond motifs is 1. The average Bonchev–Trinajstić information content (AvgIpc) is 3.32. The van der Waals surface area contributed by atoms with Gasteiger partial charge in [-0.3, -0.25) is 19.2 Å². The number of nitrogens with zero attached hydrogens (tertiary/aromatic N) is 1. The van der Waals surface area contributed by atoms with Crippen LogP contribution >= 0.6 is 0 Å². The molecule has 0 unspecified atom stereocenters. The number of esters is 1. The fourth-order valence-corrected chi connectivity index (χ4v) is 4.92. The number of anilines is 2. The summed E-state index contributed by atoms with van der Waals surface area (Å²) in [6.45, 7) is -0.225. The predicted octanol–water partition coefficient (Wildman–Crippen LogP) is 3.19. The van der Waals surface area contributed by atoms with Gasteiger partial charge in [0.15, 0.2) is 6.10 Å². The van der Waals surface area contributed by atoms with Crippen molar-refractivity contribution in [3.05, 3.63) is 96.1 Å². The Kier molecular flexibility index (Phi) is 6.98. The minimum atomic E-state index is -0.967. The normalized spacial score (nSPS) is 21.0. The van der Waals surface area contributed by atoms with Gasteiger partial charge in [-0.15, -0.1) is 0 Å². The molecule has 2 aliphatic heterocycles. The highest BCUT2D eigenvalue weighted by Crippen LogP contribution is 2.35. The van der Waals surface area contributed by atoms with Gasteiger partial charge in [0.25, 0.3) is 11.8 Å². The maximum absolute atomic E-state index is 14.1. The summed E-state index contributed by atoms with van der Waals surface area (Å²) in [7, 11) is 0. The summed E-state index contributed by atoms with van der Waals surface area (Å²) < 4.78 is 5.15. The molecule has 2 N–H and O–H groups in total. The molecular formula is C29H27N3O5. The van der Waals surface area contributed by atoms with Gasteiger partial charge < -0.3 is 20.3 Å². The molecule has 3 aromatic rings. The van der Waals surface area contributed by atoms with Crippen LogP contribution in [0, 0.1) is 0 Å². The summed E-state index contributed by atoms with van der Waals surface area (Å²) in [5.74, 6) is -2.09. The van der Waals surface area contributed by atoms with Crippen molar-refractivity contribution >= 4 is 35.1 Å². The SMILES string of the molecule is O=C(CN1C(=O)[C@H](NC(=O)[C@@H]2CCC(=O)O2)[C@H](c2ccccc2)Cc2ccccc21)Nc1ccccc1. The van der Waals surface area contributed by atoms with Gasteiger partial charge in [-0.1, -0.05) is 66.7 Å². The first-order valence-corrected chi connectivity index (χ1v) is 12.3. The standard InChI is InChI=1S/C29H27N3O5/c33-25(30-21-12-5-2-6-13-21)18-32-23-14-8-7-11-20(23)17-22(19-9-3-1-4-10-19)27(29(32)36)31-28(35)24-15-16-26(34)37-24/h1-14,22,24,27H,15-18H2,(H,30,33)(H,31,35)/t22-,24-,27+/m0/s1. The van der Waals surface area contributed by atoms with E-state index >= 15 is 0 Å². The number of hydrogen-bond acceptors (Lipinski definition) is 5. The van der Waals surface area contributed by atoms with Crippen LogP contribution in [0.25, 0.3) is 0 Å². The van der Waals surface area contributed by atoms with Gasteiger partial charge in [0.1, 0.15) is 12.6 Å². The molecular weight excluding hydrogens is 470 g/mol. The Hall–Kier alpha value is -4.46. The predicted molar refractivity (Wildman–Crippen MR) is 138 cm³/mol. The molecule has 0 aliphatic carbocycles. The topological polar surface area (TPSA) is 105 Å². The number of hydrogen-bond donors (Lipinski definition) is 2. The number of amides is 3. The lowest BCUT2D eigenvalue weighted by atomic mass is 9.86. The van der Waals surface area contributed by atoms with Crippen molar-refractivity contribution in [3.63, 3.8) is 0 Å². The first-order valence-electron chi connectivity index (χ1n) is 12.3. The molecule has 37 heavy (non-hydrogen) atoms. The van der Waals surface area contributed by atoms with Crippen LogP contribution in [0.15, 0.2) is 84.9 Å². The van der Waals surface area contributed by atoms with E-state index in [1.807, 2.05) is 72.8 Å². The Balaban J connectivity index is 1.49. The van der Waals surface area contributed by atoms with Crippen LogP contribution in [0.1, 0.15) is 29.9 Å². The molecule has 0 saturated carbocycles. The summed E-state index contributed by atoms with van der Waals surface area (Å²) >= 11 is 0. The minimum absolute atomic E-state index is 0.163. The van der Waals surface area contributed by atoms with Crippen LogP contribution in [0.2, 0.25) is 0 Å². The number of ether oxygens (including phenoxy) is 1. The average molecular weight is 498 g/mol. The van der Waals surface area contributed by atoms with Crippen molar-refractivity contribution in [2.75, 3.05) is 16.8 Å². The Morgan fingerprint density at radius 1 is 0.892 bits per heavy atom. The maximum atomic E-state index is 14.1. The van der Waals surface area contributed by atoms with E-state index in [0.29, 0.717) is 17.8 Å². The molecule has 3 amide bonds. The van der Waals surface area contributed by atoms with E-state index in [0.717, 1.165) is 11.1 Å². The number of benzene rings is 3. The summed E-state index contributed by atoms with van der Waals surface area (Å²) in [4.78, 5) is 53.3.